The molecule has 0 spiro atoms. The van der Waals surface area contributed by atoms with Crippen LogP contribution in [0.2, 0.25) is 0 Å². The molecule has 4 aromatic carbocycles. The number of nitrogens with one attached hydrogen (secondary N) is 1. The zero-order chi connectivity index (χ0) is 12.4. The second-order valence-corrected chi connectivity index (χ2v) is 5.01. The van der Waals surface area contributed by atoms with E-state index < -0.39 is 0 Å². The summed E-state index contributed by atoms with van der Waals surface area (Å²) in [4.78, 5) is 0. The highest BCUT2D eigenvalue weighted by molar-refractivity contribution is 6.32. The maximum atomic E-state index is 4.52. The van der Waals surface area contributed by atoms with Crippen LogP contribution in [-0.4, -0.2) is 10.2 Å². The second kappa shape index (κ2) is 3.04. The van der Waals surface area contributed by atoms with Crippen molar-refractivity contribution in [3.05, 3.63) is 54.6 Å². The first-order valence-electron chi connectivity index (χ1n) is 6.43. The summed E-state index contributed by atoms with van der Waals surface area (Å²) in [6, 6.07) is 19.3. The Kier molecular flexibility index (Phi) is 1.49. The lowest BCUT2D eigenvalue weighted by molar-refractivity contribution is 1.15. The van der Waals surface area contributed by atoms with Gasteiger partial charge in [-0.05, 0) is 22.2 Å². The number of nitrogens with zero attached hydrogens (tertiary/aromatic N) is 1. The normalized spacial score (nSPS) is 12.2. The van der Waals surface area contributed by atoms with Gasteiger partial charge in [-0.3, -0.25) is 5.10 Å². The van der Waals surface area contributed by atoms with Gasteiger partial charge in [0.25, 0.3) is 0 Å². The summed E-state index contributed by atoms with van der Waals surface area (Å²) in [5.41, 5.74) is 2.19. The van der Waals surface area contributed by atoms with Crippen LogP contribution in [0, 0.1) is 0 Å². The fourth-order valence-electron chi connectivity index (χ4n) is 3.23. The second-order valence-electron chi connectivity index (χ2n) is 5.01. The first kappa shape index (κ1) is 9.34. The summed E-state index contributed by atoms with van der Waals surface area (Å²) >= 11 is 0. The summed E-state index contributed by atoms with van der Waals surface area (Å²) in [6.07, 6.45) is 0. The average Bonchev–Trinajstić information content (AvgIpc) is 2.91. The number of aromatic amines is 1. The van der Waals surface area contributed by atoms with Crippen molar-refractivity contribution < 1.29 is 0 Å². The van der Waals surface area contributed by atoms with E-state index in [1.54, 1.807) is 0 Å². The maximum Gasteiger partial charge on any atom is 0.101 e. The van der Waals surface area contributed by atoms with Crippen molar-refractivity contribution in [1.82, 2.24) is 10.2 Å². The summed E-state index contributed by atoms with van der Waals surface area (Å²) in [7, 11) is 0. The topological polar surface area (TPSA) is 28.7 Å². The minimum Gasteiger partial charge on any atom is -0.277 e. The van der Waals surface area contributed by atoms with Crippen LogP contribution >= 0.6 is 0 Å². The Morgan fingerprint density at radius 1 is 0.684 bits per heavy atom. The Morgan fingerprint density at radius 2 is 1.53 bits per heavy atom. The van der Waals surface area contributed by atoms with Crippen molar-refractivity contribution in [3.8, 4) is 0 Å². The molecule has 0 aliphatic rings. The third kappa shape index (κ3) is 1.01. The zero-order valence-electron chi connectivity index (χ0n) is 10.1. The first-order chi connectivity index (χ1) is 9.43. The molecule has 2 heteroatoms. The molecule has 1 aromatic heterocycles. The molecule has 0 bridgehead atoms. The molecule has 0 fully saturated rings. The Morgan fingerprint density at radius 3 is 2.47 bits per heavy atom. The Hall–Kier alpha value is -2.61. The molecule has 0 aliphatic heterocycles. The van der Waals surface area contributed by atoms with Crippen LogP contribution in [-0.2, 0) is 0 Å². The van der Waals surface area contributed by atoms with E-state index in [9.17, 15) is 0 Å². The van der Waals surface area contributed by atoms with Crippen LogP contribution in [0.5, 0.6) is 0 Å². The van der Waals surface area contributed by atoms with Gasteiger partial charge in [-0.15, -0.1) is 0 Å². The Balaban J connectivity index is 2.34. The van der Waals surface area contributed by atoms with E-state index in [2.05, 4.69) is 64.8 Å². The van der Waals surface area contributed by atoms with Crippen LogP contribution in [0.25, 0.3) is 43.4 Å². The van der Waals surface area contributed by atoms with Gasteiger partial charge in [0.1, 0.15) is 5.52 Å². The average molecular weight is 242 g/mol. The predicted octanol–water partition coefficient (Wildman–Crippen LogP) is 4.46. The van der Waals surface area contributed by atoms with Crippen molar-refractivity contribution in [2.75, 3.05) is 0 Å². The van der Waals surface area contributed by atoms with Crippen LogP contribution in [0.1, 0.15) is 0 Å². The lowest BCUT2D eigenvalue weighted by Crippen LogP contribution is -1.83. The van der Waals surface area contributed by atoms with Crippen molar-refractivity contribution in [1.29, 1.82) is 0 Å². The zero-order valence-corrected chi connectivity index (χ0v) is 10.1. The van der Waals surface area contributed by atoms with E-state index in [4.69, 9.17) is 0 Å². The highest BCUT2D eigenvalue weighted by atomic mass is 15.1. The molecule has 5 rings (SSSR count). The lowest BCUT2D eigenvalue weighted by Gasteiger charge is -2.09. The van der Waals surface area contributed by atoms with E-state index in [1.807, 2.05) is 0 Å². The van der Waals surface area contributed by atoms with Gasteiger partial charge in [0.2, 0.25) is 0 Å². The summed E-state index contributed by atoms with van der Waals surface area (Å²) in [6.45, 7) is 0. The van der Waals surface area contributed by atoms with Crippen LogP contribution < -0.4 is 0 Å². The molecule has 0 aliphatic carbocycles. The summed E-state index contributed by atoms with van der Waals surface area (Å²) < 4.78 is 0. The van der Waals surface area contributed by atoms with Gasteiger partial charge in [0, 0.05) is 16.2 Å². The smallest absolute Gasteiger partial charge is 0.101 e. The van der Waals surface area contributed by atoms with Crippen molar-refractivity contribution >= 4 is 43.4 Å². The highest BCUT2D eigenvalue weighted by Gasteiger charge is 2.14. The largest absolute Gasteiger partial charge is 0.277 e. The van der Waals surface area contributed by atoms with Gasteiger partial charge in [0.05, 0.1) is 5.52 Å². The van der Waals surface area contributed by atoms with E-state index >= 15 is 0 Å². The molecule has 0 saturated heterocycles. The Labute approximate surface area is 109 Å². The number of H-pyrrole nitrogens is 1. The third-order valence-electron chi connectivity index (χ3n) is 4.04. The third-order valence-corrected chi connectivity index (χ3v) is 4.04. The van der Waals surface area contributed by atoms with Crippen molar-refractivity contribution in [2.24, 2.45) is 0 Å². The number of hydrogen-bond donors (Lipinski definition) is 1. The molecule has 88 valence electrons. The van der Waals surface area contributed by atoms with E-state index in [1.165, 1.54) is 32.3 Å². The molecule has 2 nitrogen and oxygen atoms in total. The van der Waals surface area contributed by atoms with E-state index in [0.717, 1.165) is 11.0 Å². The number of rotatable bonds is 0. The molecule has 5 aromatic rings. The molecule has 0 unspecified atom stereocenters. The minimum absolute atomic E-state index is 1.08. The van der Waals surface area contributed by atoms with E-state index in [-0.39, 0.29) is 0 Å². The van der Waals surface area contributed by atoms with Gasteiger partial charge >= 0.3 is 0 Å². The molecule has 1 N–H and O–H groups in total. The minimum atomic E-state index is 1.08. The molecule has 0 radical (unpaired) electrons. The summed E-state index contributed by atoms with van der Waals surface area (Å²) in [5, 5.41) is 15.4. The molecule has 0 atom stereocenters. The standard InChI is InChI=1S/C17H10N2/c1-2-6-13-11(5-1)12-7-3-4-10-8-9-14-16(15(10)12)17(13)19-18-14/h1-9H,(H,18,19). The Bertz CT molecular complexity index is 1050. The molecule has 1 heterocycles. The number of benzene rings is 4. The van der Waals surface area contributed by atoms with Crippen molar-refractivity contribution in [3.63, 3.8) is 0 Å². The fourth-order valence-corrected chi connectivity index (χ4v) is 3.23. The first-order valence-corrected chi connectivity index (χ1v) is 6.43. The fraction of sp³-hybridized carbons (Fsp3) is 0. The molecule has 19 heavy (non-hydrogen) atoms. The number of aromatic nitrogens is 2. The van der Waals surface area contributed by atoms with Crippen LogP contribution in [0.4, 0.5) is 0 Å². The lowest BCUT2D eigenvalue weighted by atomic mass is 9.94. The molecular weight excluding hydrogens is 232 g/mol. The number of hydrogen-bond acceptors (Lipinski definition) is 1. The molecular formula is C17H10N2. The van der Waals surface area contributed by atoms with Gasteiger partial charge in [-0.1, -0.05) is 48.5 Å². The number of fused-ring (bicyclic) bond motifs is 3. The van der Waals surface area contributed by atoms with E-state index in [0.29, 0.717) is 0 Å². The quantitative estimate of drug-likeness (QED) is 0.315. The van der Waals surface area contributed by atoms with Gasteiger partial charge in [-0.2, -0.15) is 5.10 Å². The predicted molar refractivity (Wildman–Crippen MR) is 79.8 cm³/mol. The van der Waals surface area contributed by atoms with Crippen LogP contribution in [0.15, 0.2) is 54.6 Å². The molecule has 0 saturated carbocycles. The maximum absolute atomic E-state index is 4.52. The van der Waals surface area contributed by atoms with Gasteiger partial charge in [-0.25, -0.2) is 0 Å². The van der Waals surface area contributed by atoms with Crippen molar-refractivity contribution in [2.45, 2.75) is 0 Å². The SMILES string of the molecule is c1ccc2c(c1)c1cccc3ccc4[nH]nc2c4c31. The monoisotopic (exact) mass is 242 g/mol. The van der Waals surface area contributed by atoms with Gasteiger partial charge < -0.3 is 0 Å². The molecule has 0 amide bonds. The highest BCUT2D eigenvalue weighted by Crippen LogP contribution is 2.38. The summed E-state index contributed by atoms with van der Waals surface area (Å²) in [5.74, 6) is 0. The van der Waals surface area contributed by atoms with Gasteiger partial charge in [0.15, 0.2) is 0 Å². The van der Waals surface area contributed by atoms with Crippen LogP contribution in [0.3, 0.4) is 0 Å².